The van der Waals surface area contributed by atoms with E-state index in [2.05, 4.69) is 0 Å². The topological polar surface area (TPSA) is 77.8 Å². The normalized spacial score (nSPS) is 12.6. The molecule has 1 rings (SSSR count). The zero-order valence-electron chi connectivity index (χ0n) is 10.5. The van der Waals surface area contributed by atoms with Gasteiger partial charge in [0.25, 0.3) is 0 Å². The van der Waals surface area contributed by atoms with Gasteiger partial charge in [0.2, 0.25) is 0 Å². The lowest BCUT2D eigenvalue weighted by Gasteiger charge is -2.26. The van der Waals surface area contributed by atoms with Crippen LogP contribution in [0.15, 0.2) is 12.1 Å². The molecule has 0 aliphatic heterocycles. The first-order valence-electron chi connectivity index (χ1n) is 5.35. The van der Waals surface area contributed by atoms with Gasteiger partial charge in [-0.2, -0.15) is 0 Å². The van der Waals surface area contributed by atoms with Gasteiger partial charge in [0, 0.05) is 16.7 Å². The lowest BCUT2D eigenvalue weighted by molar-refractivity contribution is 0.0664. The molecule has 0 unspecified atom stereocenters. The number of carbonyl (C=O) groups excluding carboxylic acids is 1. The highest BCUT2D eigenvalue weighted by Crippen LogP contribution is 2.37. The fraction of sp³-hybridized carbons (Fsp3) is 0.462. The van der Waals surface area contributed by atoms with Crippen LogP contribution in [-0.2, 0) is 11.2 Å². The second-order valence-electron chi connectivity index (χ2n) is 5.20. The maximum Gasteiger partial charge on any atom is 0.150 e. The van der Waals surface area contributed by atoms with Crippen LogP contribution in [0.3, 0.4) is 0 Å². The summed E-state index contributed by atoms with van der Waals surface area (Å²) in [7, 11) is 0. The quantitative estimate of drug-likeness (QED) is 0.700. The van der Waals surface area contributed by atoms with Crippen molar-refractivity contribution in [3.8, 4) is 5.75 Å². The molecule has 0 aromatic heterocycles. The van der Waals surface area contributed by atoms with Crippen molar-refractivity contribution in [2.45, 2.75) is 38.9 Å². The summed E-state index contributed by atoms with van der Waals surface area (Å²) < 4.78 is 0. The van der Waals surface area contributed by atoms with E-state index in [0.29, 0.717) is 11.8 Å². The summed E-state index contributed by atoms with van der Waals surface area (Å²) in [5, 5.41) is 29.9. The van der Waals surface area contributed by atoms with E-state index >= 15 is 0 Å². The highest BCUT2D eigenvalue weighted by atomic mass is 16.3. The highest BCUT2D eigenvalue weighted by molar-refractivity contribution is 5.77. The zero-order valence-corrected chi connectivity index (χ0v) is 10.5. The monoisotopic (exact) mass is 238 g/mol. The van der Waals surface area contributed by atoms with E-state index in [0.717, 1.165) is 0 Å². The van der Waals surface area contributed by atoms with Gasteiger partial charge in [-0.1, -0.05) is 0 Å². The Bertz CT molecular complexity index is 401. The maximum absolute atomic E-state index is 10.8. The second kappa shape index (κ2) is 4.13. The second-order valence-corrected chi connectivity index (χ2v) is 5.20. The number of aromatic hydroxyl groups is 1. The molecule has 0 aliphatic carbocycles. The van der Waals surface area contributed by atoms with Crippen LogP contribution in [-0.4, -0.2) is 21.6 Å². The molecule has 94 valence electrons. The number of aldehydes is 1. The molecular weight excluding hydrogens is 220 g/mol. The Morgan fingerprint density at radius 2 is 1.35 bits per heavy atom. The highest BCUT2D eigenvalue weighted by Gasteiger charge is 2.28. The SMILES string of the molecule is CC(C)(O)c1cc(C=O)cc(C(C)(C)O)c1O. The van der Waals surface area contributed by atoms with E-state index in [4.69, 9.17) is 0 Å². The Balaban J connectivity index is 3.59. The van der Waals surface area contributed by atoms with Crippen molar-refractivity contribution in [3.05, 3.63) is 28.8 Å². The average Bonchev–Trinajstić information content (AvgIpc) is 2.14. The number of phenolic OH excluding ortho intramolecular Hbond substituents is 1. The van der Waals surface area contributed by atoms with Crippen molar-refractivity contribution in [1.29, 1.82) is 0 Å². The molecule has 1 aromatic carbocycles. The fourth-order valence-corrected chi connectivity index (χ4v) is 1.66. The first kappa shape index (κ1) is 13.7. The summed E-state index contributed by atoms with van der Waals surface area (Å²) in [6, 6.07) is 2.83. The Kier molecular flexibility index (Phi) is 3.32. The lowest BCUT2D eigenvalue weighted by Crippen LogP contribution is -2.21. The minimum Gasteiger partial charge on any atom is -0.507 e. The van der Waals surface area contributed by atoms with Crippen molar-refractivity contribution >= 4 is 6.29 Å². The predicted molar refractivity (Wildman–Crippen MR) is 64.0 cm³/mol. The molecule has 4 nitrogen and oxygen atoms in total. The van der Waals surface area contributed by atoms with Gasteiger partial charge in [-0.3, -0.25) is 4.79 Å². The minimum atomic E-state index is -1.29. The van der Waals surface area contributed by atoms with Gasteiger partial charge in [-0.05, 0) is 39.8 Å². The summed E-state index contributed by atoms with van der Waals surface area (Å²) in [6.45, 7) is 6.02. The van der Waals surface area contributed by atoms with Crippen molar-refractivity contribution in [2.75, 3.05) is 0 Å². The Morgan fingerprint density at radius 1 is 1.00 bits per heavy atom. The third kappa shape index (κ3) is 2.84. The molecule has 0 atom stereocenters. The summed E-state index contributed by atoms with van der Waals surface area (Å²) in [5.74, 6) is -0.185. The maximum atomic E-state index is 10.8. The largest absolute Gasteiger partial charge is 0.507 e. The van der Waals surface area contributed by atoms with Crippen LogP contribution >= 0.6 is 0 Å². The van der Waals surface area contributed by atoms with E-state index in [1.807, 2.05) is 0 Å². The van der Waals surface area contributed by atoms with Crippen LogP contribution in [0.25, 0.3) is 0 Å². The summed E-state index contributed by atoms with van der Waals surface area (Å²) in [6.07, 6.45) is 0.615. The van der Waals surface area contributed by atoms with E-state index in [9.17, 15) is 20.1 Å². The van der Waals surface area contributed by atoms with Crippen molar-refractivity contribution in [2.24, 2.45) is 0 Å². The number of aliphatic hydroxyl groups is 2. The van der Waals surface area contributed by atoms with Gasteiger partial charge in [-0.25, -0.2) is 0 Å². The summed E-state index contributed by atoms with van der Waals surface area (Å²) >= 11 is 0. The summed E-state index contributed by atoms with van der Waals surface area (Å²) in [4.78, 5) is 10.8. The lowest BCUT2D eigenvalue weighted by atomic mass is 9.87. The van der Waals surface area contributed by atoms with E-state index in [-0.39, 0.29) is 16.9 Å². The Labute approximate surface area is 101 Å². The molecule has 0 heterocycles. The van der Waals surface area contributed by atoms with Gasteiger partial charge in [0.05, 0.1) is 11.2 Å². The van der Waals surface area contributed by atoms with Crippen molar-refractivity contribution in [1.82, 2.24) is 0 Å². The third-order valence-corrected chi connectivity index (χ3v) is 2.59. The molecule has 0 radical (unpaired) electrons. The van der Waals surface area contributed by atoms with Gasteiger partial charge >= 0.3 is 0 Å². The first-order valence-corrected chi connectivity index (χ1v) is 5.35. The van der Waals surface area contributed by atoms with Crippen molar-refractivity contribution in [3.63, 3.8) is 0 Å². The number of hydrogen-bond acceptors (Lipinski definition) is 4. The van der Waals surface area contributed by atoms with Crippen LogP contribution in [0.1, 0.15) is 49.2 Å². The van der Waals surface area contributed by atoms with E-state index in [1.165, 1.54) is 39.8 Å². The fourth-order valence-electron chi connectivity index (χ4n) is 1.66. The van der Waals surface area contributed by atoms with Gasteiger partial charge in [0.1, 0.15) is 12.0 Å². The Morgan fingerprint density at radius 3 is 1.59 bits per heavy atom. The van der Waals surface area contributed by atoms with Gasteiger partial charge in [0.15, 0.2) is 0 Å². The van der Waals surface area contributed by atoms with E-state index < -0.39 is 11.2 Å². The molecular formula is C13H18O4. The van der Waals surface area contributed by atoms with Crippen molar-refractivity contribution < 1.29 is 20.1 Å². The predicted octanol–water partition coefficient (Wildman–Crippen LogP) is 1.66. The molecule has 0 spiro atoms. The molecule has 0 amide bonds. The molecule has 3 N–H and O–H groups in total. The van der Waals surface area contributed by atoms with Crippen LogP contribution in [0.4, 0.5) is 0 Å². The first-order chi connectivity index (χ1) is 7.57. The van der Waals surface area contributed by atoms with Crippen LogP contribution in [0.5, 0.6) is 5.75 Å². The Hall–Kier alpha value is -1.39. The molecule has 0 aliphatic rings. The average molecular weight is 238 g/mol. The molecule has 0 bridgehead atoms. The standard InChI is InChI=1S/C13H18O4/c1-12(2,16)9-5-8(7-14)6-10(11(9)15)13(3,4)17/h5-7,15-17H,1-4H3. The van der Waals surface area contributed by atoms with Gasteiger partial charge < -0.3 is 15.3 Å². The van der Waals surface area contributed by atoms with Crippen LogP contribution in [0, 0.1) is 0 Å². The van der Waals surface area contributed by atoms with Crippen LogP contribution in [0.2, 0.25) is 0 Å². The number of benzene rings is 1. The zero-order chi connectivity index (χ0) is 13.4. The minimum absolute atomic E-state index is 0.185. The van der Waals surface area contributed by atoms with Crippen LogP contribution < -0.4 is 0 Å². The molecule has 0 saturated carbocycles. The molecule has 0 saturated heterocycles. The number of hydrogen-bond donors (Lipinski definition) is 3. The number of rotatable bonds is 3. The molecule has 17 heavy (non-hydrogen) atoms. The molecule has 4 heteroatoms. The molecule has 1 aromatic rings. The smallest absolute Gasteiger partial charge is 0.150 e. The number of phenols is 1. The van der Waals surface area contributed by atoms with E-state index in [1.54, 1.807) is 0 Å². The molecule has 0 fully saturated rings. The van der Waals surface area contributed by atoms with Gasteiger partial charge in [-0.15, -0.1) is 0 Å². The third-order valence-electron chi connectivity index (χ3n) is 2.59. The summed E-state index contributed by atoms with van der Waals surface area (Å²) in [5.41, 5.74) is -1.83. The number of carbonyl (C=O) groups is 1.